The fourth-order valence-corrected chi connectivity index (χ4v) is 2.78. The molecule has 1 saturated carbocycles. The average molecular weight is 303 g/mol. The maximum Gasteiger partial charge on any atom is 0.0638 e. The number of hydrogen-bond acceptors (Lipinski definition) is 1. The Balaban J connectivity index is 2.04. The van der Waals surface area contributed by atoms with Crippen LogP contribution in [-0.2, 0) is 0 Å². The van der Waals surface area contributed by atoms with Crippen molar-refractivity contribution < 1.29 is 0 Å². The molecule has 1 aliphatic carbocycles. The molecule has 0 radical (unpaired) electrons. The molecule has 0 saturated heterocycles. The first-order chi connectivity index (χ1) is 7.75. The Labute approximate surface area is 111 Å². The molecule has 0 unspecified atom stereocenters. The van der Waals surface area contributed by atoms with Gasteiger partial charge in [0.05, 0.1) is 10.7 Å². The van der Waals surface area contributed by atoms with Crippen LogP contribution in [0.15, 0.2) is 22.7 Å². The van der Waals surface area contributed by atoms with E-state index in [1.54, 1.807) is 0 Å². The van der Waals surface area contributed by atoms with Crippen LogP contribution in [0.2, 0.25) is 5.02 Å². The lowest BCUT2D eigenvalue weighted by Crippen LogP contribution is -2.18. The summed E-state index contributed by atoms with van der Waals surface area (Å²) in [5, 5.41) is 4.38. The molecule has 2 rings (SSSR count). The number of hydrogen-bond donors (Lipinski definition) is 1. The second kappa shape index (κ2) is 5.92. The van der Waals surface area contributed by atoms with Gasteiger partial charge in [0.15, 0.2) is 0 Å². The largest absolute Gasteiger partial charge is 0.381 e. The summed E-state index contributed by atoms with van der Waals surface area (Å²) in [4.78, 5) is 0. The van der Waals surface area contributed by atoms with Gasteiger partial charge in [-0.25, -0.2) is 0 Å². The Morgan fingerprint density at radius 1 is 1.12 bits per heavy atom. The third kappa shape index (κ3) is 3.39. The highest BCUT2D eigenvalue weighted by atomic mass is 79.9. The molecule has 0 bridgehead atoms. The summed E-state index contributed by atoms with van der Waals surface area (Å²) in [6.07, 6.45) is 7.97. The van der Waals surface area contributed by atoms with Crippen LogP contribution in [0.3, 0.4) is 0 Å². The van der Waals surface area contributed by atoms with E-state index >= 15 is 0 Å². The van der Waals surface area contributed by atoms with Crippen molar-refractivity contribution in [2.24, 2.45) is 0 Å². The number of benzene rings is 1. The molecule has 3 heteroatoms. The van der Waals surface area contributed by atoms with Crippen LogP contribution in [-0.4, -0.2) is 6.04 Å². The van der Waals surface area contributed by atoms with Gasteiger partial charge in [0.25, 0.3) is 0 Å². The summed E-state index contributed by atoms with van der Waals surface area (Å²) in [7, 11) is 0. The van der Waals surface area contributed by atoms with E-state index in [0.29, 0.717) is 6.04 Å². The van der Waals surface area contributed by atoms with E-state index in [0.717, 1.165) is 15.2 Å². The van der Waals surface area contributed by atoms with E-state index < -0.39 is 0 Å². The van der Waals surface area contributed by atoms with Gasteiger partial charge in [-0.2, -0.15) is 0 Å². The standard InChI is InChI=1S/C13H17BrClN/c14-10-7-8-12(15)13(9-10)16-11-5-3-1-2-4-6-11/h7-9,11,16H,1-6H2. The predicted octanol–water partition coefficient (Wildman–Crippen LogP) is 5.24. The normalized spacial score (nSPS) is 18.1. The molecule has 16 heavy (non-hydrogen) atoms. The Morgan fingerprint density at radius 2 is 1.81 bits per heavy atom. The van der Waals surface area contributed by atoms with Crippen molar-refractivity contribution in [1.29, 1.82) is 0 Å². The minimum atomic E-state index is 0.592. The van der Waals surface area contributed by atoms with Crippen LogP contribution in [0.1, 0.15) is 38.5 Å². The van der Waals surface area contributed by atoms with Crippen LogP contribution < -0.4 is 5.32 Å². The highest BCUT2D eigenvalue weighted by Gasteiger charge is 2.13. The lowest BCUT2D eigenvalue weighted by molar-refractivity contribution is 0.620. The number of rotatable bonds is 2. The van der Waals surface area contributed by atoms with Crippen LogP contribution >= 0.6 is 27.5 Å². The van der Waals surface area contributed by atoms with E-state index in [4.69, 9.17) is 11.6 Å². The molecular weight excluding hydrogens is 286 g/mol. The number of anilines is 1. The van der Waals surface area contributed by atoms with E-state index in [2.05, 4.69) is 27.3 Å². The van der Waals surface area contributed by atoms with Gasteiger partial charge >= 0.3 is 0 Å². The van der Waals surface area contributed by atoms with Crippen molar-refractivity contribution in [2.75, 3.05) is 5.32 Å². The average Bonchev–Trinajstić information content (AvgIpc) is 2.52. The van der Waals surface area contributed by atoms with Crippen molar-refractivity contribution in [1.82, 2.24) is 0 Å². The number of nitrogens with one attached hydrogen (secondary N) is 1. The minimum absolute atomic E-state index is 0.592. The van der Waals surface area contributed by atoms with Crippen LogP contribution in [0.25, 0.3) is 0 Å². The predicted molar refractivity (Wildman–Crippen MR) is 74.3 cm³/mol. The topological polar surface area (TPSA) is 12.0 Å². The zero-order valence-electron chi connectivity index (χ0n) is 9.31. The van der Waals surface area contributed by atoms with E-state index in [-0.39, 0.29) is 0 Å². The van der Waals surface area contributed by atoms with Gasteiger partial charge in [0, 0.05) is 10.5 Å². The molecule has 1 aromatic rings. The Bertz CT molecular complexity index is 346. The second-order valence-electron chi connectivity index (χ2n) is 4.46. The number of halogens is 2. The molecule has 1 aliphatic rings. The van der Waals surface area contributed by atoms with Gasteiger partial charge in [-0.3, -0.25) is 0 Å². The Hall–Kier alpha value is -0.210. The molecule has 88 valence electrons. The van der Waals surface area contributed by atoms with E-state index in [1.807, 2.05) is 12.1 Å². The van der Waals surface area contributed by atoms with Gasteiger partial charge in [0.1, 0.15) is 0 Å². The van der Waals surface area contributed by atoms with Gasteiger partial charge in [-0.15, -0.1) is 0 Å². The molecule has 0 heterocycles. The summed E-state index contributed by atoms with van der Waals surface area (Å²) in [5.74, 6) is 0. The molecule has 1 aromatic carbocycles. The van der Waals surface area contributed by atoms with Gasteiger partial charge < -0.3 is 5.32 Å². The van der Waals surface area contributed by atoms with Crippen molar-refractivity contribution in [2.45, 2.75) is 44.6 Å². The first kappa shape index (κ1) is 12.3. The molecule has 0 aromatic heterocycles. The molecule has 1 fully saturated rings. The molecule has 0 amide bonds. The summed E-state index contributed by atoms with van der Waals surface area (Å²) in [6, 6.07) is 6.56. The second-order valence-corrected chi connectivity index (χ2v) is 5.78. The summed E-state index contributed by atoms with van der Waals surface area (Å²) in [5.41, 5.74) is 1.06. The zero-order chi connectivity index (χ0) is 11.4. The monoisotopic (exact) mass is 301 g/mol. The van der Waals surface area contributed by atoms with Gasteiger partial charge in [0.2, 0.25) is 0 Å². The maximum absolute atomic E-state index is 6.17. The van der Waals surface area contributed by atoms with Crippen LogP contribution in [0.4, 0.5) is 5.69 Å². The third-order valence-corrected chi connectivity index (χ3v) is 3.97. The SMILES string of the molecule is Clc1ccc(Br)cc1NC1CCCCCC1. The maximum atomic E-state index is 6.17. The van der Waals surface area contributed by atoms with Crippen molar-refractivity contribution >= 4 is 33.2 Å². The first-order valence-corrected chi connectivity index (χ1v) is 7.14. The molecular formula is C13H17BrClN. The lowest BCUT2D eigenvalue weighted by atomic mass is 10.1. The van der Waals surface area contributed by atoms with Crippen LogP contribution in [0.5, 0.6) is 0 Å². The van der Waals surface area contributed by atoms with Crippen molar-refractivity contribution in [3.8, 4) is 0 Å². The lowest BCUT2D eigenvalue weighted by Gasteiger charge is -2.18. The fourth-order valence-electron chi connectivity index (χ4n) is 2.25. The van der Waals surface area contributed by atoms with Crippen LogP contribution in [0, 0.1) is 0 Å². The summed E-state index contributed by atoms with van der Waals surface area (Å²) in [6.45, 7) is 0. The smallest absolute Gasteiger partial charge is 0.0638 e. The summed E-state index contributed by atoms with van der Waals surface area (Å²) >= 11 is 9.65. The Morgan fingerprint density at radius 3 is 2.50 bits per heavy atom. The highest BCUT2D eigenvalue weighted by Crippen LogP contribution is 2.28. The third-order valence-electron chi connectivity index (χ3n) is 3.14. The van der Waals surface area contributed by atoms with Crippen molar-refractivity contribution in [3.05, 3.63) is 27.7 Å². The van der Waals surface area contributed by atoms with Gasteiger partial charge in [-0.05, 0) is 31.0 Å². The zero-order valence-corrected chi connectivity index (χ0v) is 11.6. The van der Waals surface area contributed by atoms with E-state index in [9.17, 15) is 0 Å². The van der Waals surface area contributed by atoms with E-state index in [1.165, 1.54) is 38.5 Å². The molecule has 1 N–H and O–H groups in total. The first-order valence-electron chi connectivity index (χ1n) is 5.97. The minimum Gasteiger partial charge on any atom is -0.381 e. The Kier molecular flexibility index (Phi) is 4.54. The molecule has 0 aliphatic heterocycles. The molecule has 0 spiro atoms. The van der Waals surface area contributed by atoms with Gasteiger partial charge in [-0.1, -0.05) is 53.2 Å². The quantitative estimate of drug-likeness (QED) is 0.737. The molecule has 0 atom stereocenters. The van der Waals surface area contributed by atoms with Crippen molar-refractivity contribution in [3.63, 3.8) is 0 Å². The summed E-state index contributed by atoms with van der Waals surface area (Å²) < 4.78 is 1.08. The fraction of sp³-hybridized carbons (Fsp3) is 0.538. The highest BCUT2D eigenvalue weighted by molar-refractivity contribution is 9.10. The molecule has 1 nitrogen and oxygen atoms in total.